The highest BCUT2D eigenvalue weighted by Crippen LogP contribution is 2.27. The highest BCUT2D eigenvalue weighted by molar-refractivity contribution is 5.23. The van der Waals surface area contributed by atoms with E-state index in [0.29, 0.717) is 0 Å². The minimum atomic E-state index is 0.0969. The van der Waals surface area contributed by atoms with Gasteiger partial charge in [0, 0.05) is 11.6 Å². The molecule has 3 nitrogen and oxygen atoms in total. The average molecular weight is 263 g/mol. The van der Waals surface area contributed by atoms with E-state index in [0.717, 1.165) is 19.3 Å². The van der Waals surface area contributed by atoms with Gasteiger partial charge in [-0.15, -0.1) is 0 Å². The molecule has 0 spiro atoms. The molecule has 1 aromatic carbocycles. The lowest BCUT2D eigenvalue weighted by atomic mass is 9.80. The Kier molecular flexibility index (Phi) is 5.98. The van der Waals surface area contributed by atoms with E-state index in [4.69, 9.17) is 5.84 Å². The van der Waals surface area contributed by atoms with Crippen LogP contribution in [-0.4, -0.2) is 30.6 Å². The highest BCUT2D eigenvalue weighted by atomic mass is 15.3. The van der Waals surface area contributed by atoms with Crippen LogP contribution in [0.25, 0.3) is 0 Å². The van der Waals surface area contributed by atoms with Gasteiger partial charge in [0.15, 0.2) is 0 Å². The van der Waals surface area contributed by atoms with Crippen molar-refractivity contribution < 1.29 is 0 Å². The van der Waals surface area contributed by atoms with Crippen molar-refractivity contribution in [2.75, 3.05) is 14.1 Å². The fraction of sp³-hybridized carbons (Fsp3) is 0.625. The summed E-state index contributed by atoms with van der Waals surface area (Å²) in [6, 6.07) is 8.98. The first-order valence-electron chi connectivity index (χ1n) is 7.19. The summed E-state index contributed by atoms with van der Waals surface area (Å²) >= 11 is 0. The van der Waals surface area contributed by atoms with Crippen LogP contribution in [0.2, 0.25) is 0 Å². The van der Waals surface area contributed by atoms with Crippen LogP contribution in [0.4, 0.5) is 0 Å². The molecule has 0 radical (unpaired) electrons. The van der Waals surface area contributed by atoms with E-state index in [1.54, 1.807) is 0 Å². The van der Waals surface area contributed by atoms with Crippen LogP contribution in [0.5, 0.6) is 0 Å². The zero-order valence-corrected chi connectivity index (χ0v) is 13.0. The molecule has 1 atom stereocenters. The van der Waals surface area contributed by atoms with E-state index >= 15 is 0 Å². The van der Waals surface area contributed by atoms with Crippen molar-refractivity contribution in [1.29, 1.82) is 0 Å². The van der Waals surface area contributed by atoms with E-state index in [9.17, 15) is 0 Å². The second-order valence-corrected chi connectivity index (χ2v) is 5.61. The SMILES string of the molecule is CCC(CC)(C(Cc1ccc(C)cc1)NN)N(C)C. The van der Waals surface area contributed by atoms with Crippen molar-refractivity contribution in [2.45, 2.75) is 51.6 Å². The second-order valence-electron chi connectivity index (χ2n) is 5.61. The number of hydrazine groups is 1. The number of likely N-dealkylation sites (N-methyl/N-ethyl adjacent to an activating group) is 1. The first-order valence-corrected chi connectivity index (χ1v) is 7.19. The van der Waals surface area contributed by atoms with E-state index < -0.39 is 0 Å². The summed E-state index contributed by atoms with van der Waals surface area (Å²) in [5, 5.41) is 0. The maximum Gasteiger partial charge on any atom is 0.0434 e. The summed E-state index contributed by atoms with van der Waals surface area (Å²) in [6.07, 6.45) is 3.12. The van der Waals surface area contributed by atoms with Gasteiger partial charge in [-0.2, -0.15) is 0 Å². The van der Waals surface area contributed by atoms with Crippen LogP contribution < -0.4 is 11.3 Å². The number of hydrogen-bond acceptors (Lipinski definition) is 3. The largest absolute Gasteiger partial charge is 0.302 e. The summed E-state index contributed by atoms with van der Waals surface area (Å²) < 4.78 is 0. The van der Waals surface area contributed by atoms with Gasteiger partial charge < -0.3 is 4.90 Å². The molecule has 0 fully saturated rings. The number of benzene rings is 1. The molecule has 0 bridgehead atoms. The Balaban J connectivity index is 2.95. The fourth-order valence-corrected chi connectivity index (χ4v) is 3.05. The number of nitrogens with zero attached hydrogens (tertiary/aromatic N) is 1. The lowest BCUT2D eigenvalue weighted by molar-refractivity contribution is 0.0882. The van der Waals surface area contributed by atoms with Gasteiger partial charge in [-0.25, -0.2) is 0 Å². The Bertz CT molecular complexity index is 366. The summed E-state index contributed by atoms with van der Waals surface area (Å²) in [7, 11) is 4.29. The molecule has 3 heteroatoms. The minimum Gasteiger partial charge on any atom is -0.302 e. The molecular formula is C16H29N3. The second kappa shape index (κ2) is 7.04. The monoisotopic (exact) mass is 263 g/mol. The molecule has 0 saturated heterocycles. The molecule has 0 aliphatic heterocycles. The molecule has 108 valence electrons. The first-order chi connectivity index (χ1) is 9.00. The van der Waals surface area contributed by atoms with Gasteiger partial charge in [0.25, 0.3) is 0 Å². The number of hydrogen-bond donors (Lipinski definition) is 2. The van der Waals surface area contributed by atoms with Crippen LogP contribution in [0, 0.1) is 6.92 Å². The van der Waals surface area contributed by atoms with E-state index in [2.05, 4.69) is 69.5 Å². The first kappa shape index (κ1) is 16.2. The topological polar surface area (TPSA) is 41.3 Å². The molecule has 19 heavy (non-hydrogen) atoms. The van der Waals surface area contributed by atoms with Crippen LogP contribution in [0.3, 0.4) is 0 Å². The Morgan fingerprint density at radius 2 is 1.68 bits per heavy atom. The van der Waals surface area contributed by atoms with Crippen LogP contribution in [0.15, 0.2) is 24.3 Å². The Morgan fingerprint density at radius 3 is 2.05 bits per heavy atom. The summed E-state index contributed by atoms with van der Waals surface area (Å²) in [6.45, 7) is 6.59. The summed E-state index contributed by atoms with van der Waals surface area (Å²) in [5.74, 6) is 5.85. The number of nitrogens with one attached hydrogen (secondary N) is 1. The van der Waals surface area contributed by atoms with Crippen LogP contribution >= 0.6 is 0 Å². The average Bonchev–Trinajstić information content (AvgIpc) is 2.41. The smallest absolute Gasteiger partial charge is 0.0434 e. The van der Waals surface area contributed by atoms with Crippen molar-refractivity contribution in [1.82, 2.24) is 10.3 Å². The predicted octanol–water partition coefficient (Wildman–Crippen LogP) is 2.49. The summed E-state index contributed by atoms with van der Waals surface area (Å²) in [5.41, 5.74) is 5.78. The normalized spacial score (nSPS) is 13.8. The van der Waals surface area contributed by atoms with Crippen molar-refractivity contribution in [3.8, 4) is 0 Å². The molecule has 0 heterocycles. The fourth-order valence-electron chi connectivity index (χ4n) is 3.05. The molecule has 0 amide bonds. The molecule has 0 aromatic heterocycles. The number of nitrogens with two attached hydrogens (primary N) is 1. The Hall–Kier alpha value is -0.900. The molecule has 1 unspecified atom stereocenters. The number of aryl methyl sites for hydroxylation is 1. The molecular weight excluding hydrogens is 234 g/mol. The van der Waals surface area contributed by atoms with Gasteiger partial charge >= 0.3 is 0 Å². The predicted molar refractivity (Wildman–Crippen MR) is 83.0 cm³/mol. The van der Waals surface area contributed by atoms with Gasteiger partial charge in [-0.1, -0.05) is 43.7 Å². The van der Waals surface area contributed by atoms with Crippen LogP contribution in [0.1, 0.15) is 37.8 Å². The Morgan fingerprint density at radius 1 is 1.16 bits per heavy atom. The molecule has 1 aromatic rings. The summed E-state index contributed by atoms with van der Waals surface area (Å²) in [4.78, 5) is 2.31. The molecule has 3 N–H and O–H groups in total. The third-order valence-electron chi connectivity index (χ3n) is 4.53. The van der Waals surface area contributed by atoms with E-state index in [1.165, 1.54) is 11.1 Å². The van der Waals surface area contributed by atoms with Crippen molar-refractivity contribution in [3.05, 3.63) is 35.4 Å². The number of rotatable bonds is 7. The lowest BCUT2D eigenvalue weighted by Crippen LogP contribution is -2.61. The standard InChI is InChI=1S/C16H29N3/c1-6-16(7-2,19(4)5)15(18-17)12-14-10-8-13(3)9-11-14/h8-11,15,18H,6-7,12,17H2,1-5H3. The van der Waals surface area contributed by atoms with Crippen molar-refractivity contribution in [3.63, 3.8) is 0 Å². The van der Waals surface area contributed by atoms with Crippen LogP contribution in [-0.2, 0) is 6.42 Å². The Labute approximate surface area is 118 Å². The molecule has 0 aliphatic rings. The third-order valence-corrected chi connectivity index (χ3v) is 4.53. The lowest BCUT2D eigenvalue weighted by Gasteiger charge is -2.45. The van der Waals surface area contributed by atoms with Gasteiger partial charge in [0.05, 0.1) is 0 Å². The zero-order chi connectivity index (χ0) is 14.5. The van der Waals surface area contributed by atoms with Gasteiger partial charge in [-0.05, 0) is 45.8 Å². The van der Waals surface area contributed by atoms with E-state index in [-0.39, 0.29) is 11.6 Å². The van der Waals surface area contributed by atoms with Gasteiger partial charge in [-0.3, -0.25) is 11.3 Å². The maximum atomic E-state index is 5.85. The third kappa shape index (κ3) is 3.56. The van der Waals surface area contributed by atoms with Crippen molar-refractivity contribution >= 4 is 0 Å². The quantitative estimate of drug-likeness (QED) is 0.586. The van der Waals surface area contributed by atoms with Gasteiger partial charge in [0.2, 0.25) is 0 Å². The molecule has 1 rings (SSSR count). The maximum absolute atomic E-state index is 5.85. The molecule has 0 aliphatic carbocycles. The molecule has 0 saturated carbocycles. The minimum absolute atomic E-state index is 0.0969. The van der Waals surface area contributed by atoms with Crippen molar-refractivity contribution in [2.24, 2.45) is 5.84 Å². The van der Waals surface area contributed by atoms with E-state index in [1.807, 2.05) is 0 Å². The highest BCUT2D eigenvalue weighted by Gasteiger charge is 2.37. The zero-order valence-electron chi connectivity index (χ0n) is 13.0. The van der Waals surface area contributed by atoms with Gasteiger partial charge in [0.1, 0.15) is 0 Å².